The number of hydrogen-bond acceptors (Lipinski definition) is 2. The summed E-state index contributed by atoms with van der Waals surface area (Å²) < 4.78 is 39.3. The minimum absolute atomic E-state index is 0.184. The summed E-state index contributed by atoms with van der Waals surface area (Å²) in [5.74, 6) is 0.482. The van der Waals surface area contributed by atoms with Crippen molar-refractivity contribution in [3.63, 3.8) is 0 Å². The molecule has 2 N–H and O–H groups in total. The van der Waals surface area contributed by atoms with Crippen molar-refractivity contribution in [2.24, 2.45) is 0 Å². The molecule has 1 unspecified atom stereocenters. The molecular weight excluding hydrogens is 267 g/mol. The van der Waals surface area contributed by atoms with Gasteiger partial charge in [-0.25, -0.2) is 4.98 Å². The molecule has 108 valence electrons. The van der Waals surface area contributed by atoms with Crippen LogP contribution in [0.3, 0.4) is 0 Å². The third kappa shape index (κ3) is 3.19. The maximum Gasteiger partial charge on any atom is 0.416 e. The van der Waals surface area contributed by atoms with Crippen molar-refractivity contribution >= 4 is 0 Å². The van der Waals surface area contributed by atoms with Gasteiger partial charge in [-0.3, -0.25) is 0 Å². The number of hydrogen-bond donors (Lipinski definition) is 2. The Morgan fingerprint density at radius 2 is 2.05 bits per heavy atom. The average Bonchev–Trinajstić information content (AvgIpc) is 2.92. The van der Waals surface area contributed by atoms with E-state index in [0.717, 1.165) is 12.5 Å². The molecule has 0 aliphatic carbocycles. The van der Waals surface area contributed by atoms with Gasteiger partial charge in [0.05, 0.1) is 11.6 Å². The molecule has 2 rings (SSSR count). The predicted molar refractivity (Wildman–Crippen MR) is 70.2 cm³/mol. The molecule has 2 aromatic rings. The van der Waals surface area contributed by atoms with Gasteiger partial charge >= 0.3 is 6.18 Å². The van der Waals surface area contributed by atoms with Gasteiger partial charge in [0.25, 0.3) is 0 Å². The van der Waals surface area contributed by atoms with E-state index in [-0.39, 0.29) is 5.56 Å². The lowest BCUT2D eigenvalue weighted by molar-refractivity contribution is -0.138. The summed E-state index contributed by atoms with van der Waals surface area (Å²) in [6.07, 6.45) is -0.418. The summed E-state index contributed by atoms with van der Waals surface area (Å²) in [4.78, 5) is 6.97. The van der Waals surface area contributed by atoms with Gasteiger partial charge in [0.1, 0.15) is 5.82 Å². The Morgan fingerprint density at radius 1 is 1.30 bits per heavy atom. The highest BCUT2D eigenvalue weighted by atomic mass is 19.4. The predicted octanol–water partition coefficient (Wildman–Crippen LogP) is 3.52. The molecule has 20 heavy (non-hydrogen) atoms. The molecule has 1 atom stereocenters. The van der Waals surface area contributed by atoms with E-state index in [1.54, 1.807) is 12.3 Å². The summed E-state index contributed by atoms with van der Waals surface area (Å²) in [7, 11) is 0. The lowest BCUT2D eigenvalue weighted by Crippen LogP contribution is -2.26. The van der Waals surface area contributed by atoms with Gasteiger partial charge in [0.15, 0.2) is 0 Å². The molecule has 6 heteroatoms. The summed E-state index contributed by atoms with van der Waals surface area (Å²) in [6.45, 7) is 2.57. The number of aromatic nitrogens is 2. The van der Waals surface area contributed by atoms with Crippen molar-refractivity contribution in [2.75, 3.05) is 6.54 Å². The molecule has 0 bridgehead atoms. The monoisotopic (exact) mass is 283 g/mol. The van der Waals surface area contributed by atoms with Crippen LogP contribution >= 0.6 is 0 Å². The zero-order chi connectivity index (χ0) is 14.6. The normalized spacial score (nSPS) is 13.4. The molecule has 0 fully saturated rings. The van der Waals surface area contributed by atoms with Crippen LogP contribution in [0.1, 0.15) is 36.3 Å². The highest BCUT2D eigenvalue weighted by Gasteiger charge is 2.35. The first kappa shape index (κ1) is 14.6. The van der Waals surface area contributed by atoms with Crippen LogP contribution in [0, 0.1) is 0 Å². The highest BCUT2D eigenvalue weighted by Crippen LogP contribution is 2.35. The molecule has 0 aliphatic heterocycles. The molecule has 0 amide bonds. The zero-order valence-corrected chi connectivity index (χ0v) is 11.0. The third-order valence-electron chi connectivity index (χ3n) is 2.97. The van der Waals surface area contributed by atoms with Gasteiger partial charge in [-0.1, -0.05) is 25.1 Å². The lowest BCUT2D eigenvalue weighted by atomic mass is 9.99. The van der Waals surface area contributed by atoms with Crippen LogP contribution in [0.5, 0.6) is 0 Å². The maximum absolute atomic E-state index is 13.1. The molecular formula is C14H16F3N3. The van der Waals surface area contributed by atoms with Crippen molar-refractivity contribution in [1.29, 1.82) is 0 Å². The molecule has 3 nitrogen and oxygen atoms in total. The number of nitrogens with zero attached hydrogens (tertiary/aromatic N) is 1. The van der Waals surface area contributed by atoms with Crippen LogP contribution in [-0.2, 0) is 6.18 Å². The van der Waals surface area contributed by atoms with Crippen molar-refractivity contribution in [1.82, 2.24) is 15.3 Å². The number of rotatable bonds is 5. The summed E-state index contributed by atoms with van der Waals surface area (Å²) in [5.41, 5.74) is -0.451. The van der Waals surface area contributed by atoms with Crippen LogP contribution in [0.25, 0.3) is 0 Å². The fraction of sp³-hybridized carbons (Fsp3) is 0.357. The minimum Gasteiger partial charge on any atom is -0.347 e. The van der Waals surface area contributed by atoms with Crippen LogP contribution < -0.4 is 5.32 Å². The summed E-state index contributed by atoms with van der Waals surface area (Å²) >= 11 is 0. The number of imidazole rings is 1. The lowest BCUT2D eigenvalue weighted by Gasteiger charge is -2.21. The standard InChI is InChI=1S/C14H16F3N3/c1-2-7-18-12(13-19-8-9-20-13)10-5-3-4-6-11(10)14(15,16)17/h3-6,8-9,12,18H,2,7H2,1H3,(H,19,20). The number of benzene rings is 1. The SMILES string of the molecule is CCCNC(c1ncc[nH]1)c1ccccc1C(F)(F)F. The summed E-state index contributed by atoms with van der Waals surface area (Å²) in [6, 6.07) is 4.99. The highest BCUT2D eigenvalue weighted by molar-refractivity contribution is 5.35. The van der Waals surface area contributed by atoms with Gasteiger partial charge in [0.2, 0.25) is 0 Å². The second-order valence-corrected chi connectivity index (χ2v) is 4.45. The zero-order valence-electron chi connectivity index (χ0n) is 11.0. The molecule has 1 aromatic heterocycles. The Morgan fingerprint density at radius 3 is 2.65 bits per heavy atom. The fourth-order valence-electron chi connectivity index (χ4n) is 2.08. The van der Waals surface area contributed by atoms with Gasteiger partial charge in [0, 0.05) is 12.4 Å². The molecule has 0 saturated carbocycles. The summed E-state index contributed by atoms with van der Waals surface area (Å²) in [5, 5.41) is 3.11. The fourth-order valence-corrected chi connectivity index (χ4v) is 2.08. The smallest absolute Gasteiger partial charge is 0.347 e. The van der Waals surface area contributed by atoms with Crippen LogP contribution in [0.2, 0.25) is 0 Å². The van der Waals surface area contributed by atoms with E-state index in [9.17, 15) is 13.2 Å². The molecule has 1 heterocycles. The first-order valence-electron chi connectivity index (χ1n) is 6.42. The van der Waals surface area contributed by atoms with Crippen molar-refractivity contribution in [2.45, 2.75) is 25.6 Å². The Hall–Kier alpha value is -1.82. The van der Waals surface area contributed by atoms with Gasteiger partial charge < -0.3 is 10.3 Å². The van der Waals surface area contributed by atoms with E-state index < -0.39 is 17.8 Å². The van der Waals surface area contributed by atoms with Gasteiger partial charge in [-0.15, -0.1) is 0 Å². The van der Waals surface area contributed by atoms with E-state index >= 15 is 0 Å². The van der Waals surface area contributed by atoms with E-state index in [4.69, 9.17) is 0 Å². The Balaban J connectivity index is 2.44. The third-order valence-corrected chi connectivity index (χ3v) is 2.97. The Labute approximate surface area is 115 Å². The molecule has 0 radical (unpaired) electrons. The minimum atomic E-state index is -4.38. The van der Waals surface area contributed by atoms with Gasteiger partial charge in [-0.05, 0) is 24.6 Å². The van der Waals surface area contributed by atoms with E-state index in [1.807, 2.05) is 6.92 Å². The van der Waals surface area contributed by atoms with Crippen molar-refractivity contribution in [3.05, 3.63) is 53.6 Å². The van der Waals surface area contributed by atoms with Gasteiger partial charge in [-0.2, -0.15) is 13.2 Å². The number of H-pyrrole nitrogens is 1. The number of nitrogens with one attached hydrogen (secondary N) is 2. The second kappa shape index (κ2) is 6.09. The van der Waals surface area contributed by atoms with Crippen molar-refractivity contribution in [3.8, 4) is 0 Å². The molecule has 1 aromatic carbocycles. The number of aromatic amines is 1. The maximum atomic E-state index is 13.1. The topological polar surface area (TPSA) is 40.7 Å². The number of halogens is 3. The van der Waals surface area contributed by atoms with Crippen LogP contribution in [-0.4, -0.2) is 16.5 Å². The van der Waals surface area contributed by atoms with E-state index in [0.29, 0.717) is 12.4 Å². The van der Waals surface area contributed by atoms with Crippen LogP contribution in [0.4, 0.5) is 13.2 Å². The first-order valence-corrected chi connectivity index (χ1v) is 6.42. The van der Waals surface area contributed by atoms with Crippen LogP contribution in [0.15, 0.2) is 36.7 Å². The first-order chi connectivity index (χ1) is 9.54. The van der Waals surface area contributed by atoms with E-state index in [1.165, 1.54) is 18.3 Å². The van der Waals surface area contributed by atoms with E-state index in [2.05, 4.69) is 15.3 Å². The largest absolute Gasteiger partial charge is 0.416 e. The quantitative estimate of drug-likeness (QED) is 0.881. The Kier molecular flexibility index (Phi) is 4.44. The van der Waals surface area contributed by atoms with Crippen molar-refractivity contribution < 1.29 is 13.2 Å². The number of alkyl halides is 3. The molecule has 0 saturated heterocycles. The second-order valence-electron chi connectivity index (χ2n) is 4.45. The average molecular weight is 283 g/mol. The molecule has 0 spiro atoms. The Bertz CT molecular complexity index is 535. The molecule has 0 aliphatic rings.